The number of benzene rings is 1. The molecule has 2 rings (SSSR count). The van der Waals surface area contributed by atoms with Gasteiger partial charge in [-0.2, -0.15) is 4.68 Å². The van der Waals surface area contributed by atoms with E-state index in [-0.39, 0.29) is 17.6 Å². The number of aromatic nitrogens is 4. The third-order valence-electron chi connectivity index (χ3n) is 2.97. The van der Waals surface area contributed by atoms with Crippen molar-refractivity contribution in [3.8, 4) is 5.69 Å². The molecule has 128 valence electrons. The molecule has 10 heteroatoms. The number of thioether (sulfide) groups is 1. The number of hydrogen-bond acceptors (Lipinski definition) is 6. The summed E-state index contributed by atoms with van der Waals surface area (Å²) in [5.74, 6) is -0.399. The van der Waals surface area contributed by atoms with Gasteiger partial charge in [-0.25, -0.2) is 0 Å². The zero-order valence-corrected chi connectivity index (χ0v) is 14.8. The third-order valence-corrected chi connectivity index (χ3v) is 4.14. The third kappa shape index (κ3) is 4.93. The van der Waals surface area contributed by atoms with Crippen LogP contribution in [-0.4, -0.2) is 50.4 Å². The largest absolute Gasteiger partial charge is 0.355 e. The van der Waals surface area contributed by atoms with Gasteiger partial charge in [0.1, 0.15) is 6.04 Å². The van der Waals surface area contributed by atoms with Crippen LogP contribution < -0.4 is 10.6 Å². The van der Waals surface area contributed by atoms with Crippen LogP contribution in [-0.2, 0) is 9.59 Å². The number of carbonyl (C=O) groups is 2. The Morgan fingerprint density at radius 1 is 1.33 bits per heavy atom. The van der Waals surface area contributed by atoms with E-state index >= 15 is 0 Å². The summed E-state index contributed by atoms with van der Waals surface area (Å²) >= 11 is 7.04. The second-order valence-electron chi connectivity index (χ2n) is 4.82. The summed E-state index contributed by atoms with van der Waals surface area (Å²) in [5, 5.41) is 17.8. The Labute approximate surface area is 148 Å². The van der Waals surface area contributed by atoms with E-state index < -0.39 is 6.04 Å². The molecule has 2 N–H and O–H groups in total. The number of tetrazole rings is 1. The van der Waals surface area contributed by atoms with E-state index in [0.29, 0.717) is 16.7 Å². The molecule has 0 aliphatic carbocycles. The van der Waals surface area contributed by atoms with Crippen molar-refractivity contribution in [3.05, 3.63) is 29.3 Å². The predicted octanol–water partition coefficient (Wildman–Crippen LogP) is 1.05. The molecule has 0 saturated carbocycles. The second kappa shape index (κ2) is 8.65. The Bertz CT molecular complexity index is 706. The highest BCUT2D eigenvalue weighted by molar-refractivity contribution is 7.99. The number of nitrogens with zero attached hydrogens (tertiary/aromatic N) is 4. The predicted molar refractivity (Wildman–Crippen MR) is 91.2 cm³/mol. The van der Waals surface area contributed by atoms with Crippen molar-refractivity contribution in [3.63, 3.8) is 0 Å². The summed E-state index contributed by atoms with van der Waals surface area (Å²) in [7, 11) is 0. The molecule has 24 heavy (non-hydrogen) atoms. The molecule has 0 radical (unpaired) electrons. The van der Waals surface area contributed by atoms with Gasteiger partial charge >= 0.3 is 0 Å². The minimum atomic E-state index is -0.592. The lowest BCUT2D eigenvalue weighted by Gasteiger charge is -2.12. The first kappa shape index (κ1) is 18.2. The SMILES string of the molecule is CCNC(=O)[C@H](C)NC(=O)CSc1nnnn1-c1ccc(Cl)cc1. The average molecular weight is 369 g/mol. The maximum absolute atomic E-state index is 11.9. The van der Waals surface area contributed by atoms with E-state index in [1.807, 2.05) is 6.92 Å². The van der Waals surface area contributed by atoms with Gasteiger partial charge in [0.25, 0.3) is 0 Å². The molecule has 1 atom stereocenters. The Hall–Kier alpha value is -2.13. The highest BCUT2D eigenvalue weighted by Crippen LogP contribution is 2.19. The molecule has 0 fully saturated rings. The Morgan fingerprint density at radius 2 is 2.04 bits per heavy atom. The van der Waals surface area contributed by atoms with Crippen LogP contribution in [0.25, 0.3) is 5.69 Å². The summed E-state index contributed by atoms with van der Waals surface area (Å²) in [6.45, 7) is 3.97. The van der Waals surface area contributed by atoms with Crippen molar-refractivity contribution in [2.45, 2.75) is 25.0 Å². The van der Waals surface area contributed by atoms with Crippen LogP contribution in [0.1, 0.15) is 13.8 Å². The molecule has 0 aliphatic heterocycles. The fourth-order valence-electron chi connectivity index (χ4n) is 1.82. The Kier molecular flexibility index (Phi) is 6.56. The lowest BCUT2D eigenvalue weighted by atomic mass is 10.3. The van der Waals surface area contributed by atoms with Gasteiger partial charge in [-0.1, -0.05) is 23.4 Å². The van der Waals surface area contributed by atoms with Crippen LogP contribution in [0, 0.1) is 0 Å². The van der Waals surface area contributed by atoms with Crippen LogP contribution in [0.5, 0.6) is 0 Å². The first-order chi connectivity index (χ1) is 11.5. The molecule has 0 bridgehead atoms. The summed E-state index contributed by atoms with van der Waals surface area (Å²) in [6.07, 6.45) is 0. The number of likely N-dealkylation sites (N-methyl/N-ethyl adjacent to an activating group) is 1. The standard InChI is InChI=1S/C14H17ClN6O2S/c1-3-16-13(23)9(2)17-12(22)8-24-14-18-19-20-21(14)11-6-4-10(15)5-7-11/h4-7,9H,3,8H2,1-2H3,(H,16,23)(H,17,22)/t9-/m0/s1. The highest BCUT2D eigenvalue weighted by atomic mass is 35.5. The first-order valence-corrected chi connectivity index (χ1v) is 8.61. The van der Waals surface area contributed by atoms with Crippen molar-refractivity contribution in [2.75, 3.05) is 12.3 Å². The van der Waals surface area contributed by atoms with Gasteiger partial charge in [-0.05, 0) is 48.5 Å². The van der Waals surface area contributed by atoms with Gasteiger partial charge in [0.05, 0.1) is 11.4 Å². The molecular weight excluding hydrogens is 352 g/mol. The number of amides is 2. The number of hydrogen-bond donors (Lipinski definition) is 2. The van der Waals surface area contributed by atoms with Crippen LogP contribution in [0.2, 0.25) is 5.02 Å². The molecule has 2 amide bonds. The molecule has 1 aromatic heterocycles. The lowest BCUT2D eigenvalue weighted by molar-refractivity contribution is -0.127. The zero-order valence-electron chi connectivity index (χ0n) is 13.2. The van der Waals surface area contributed by atoms with Crippen molar-refractivity contribution in [2.24, 2.45) is 0 Å². The maximum atomic E-state index is 11.9. The van der Waals surface area contributed by atoms with E-state index in [9.17, 15) is 9.59 Å². The monoisotopic (exact) mass is 368 g/mol. The van der Waals surface area contributed by atoms with Gasteiger partial charge in [0.2, 0.25) is 17.0 Å². The van der Waals surface area contributed by atoms with Gasteiger partial charge in [-0.15, -0.1) is 5.10 Å². The van der Waals surface area contributed by atoms with Gasteiger partial charge in [0, 0.05) is 11.6 Å². The minimum absolute atomic E-state index is 0.0949. The van der Waals surface area contributed by atoms with Crippen molar-refractivity contribution >= 4 is 35.2 Å². The van der Waals surface area contributed by atoms with E-state index in [1.165, 1.54) is 16.4 Å². The number of rotatable bonds is 7. The van der Waals surface area contributed by atoms with E-state index in [2.05, 4.69) is 26.2 Å². The fraction of sp³-hybridized carbons (Fsp3) is 0.357. The lowest BCUT2D eigenvalue weighted by Crippen LogP contribution is -2.45. The minimum Gasteiger partial charge on any atom is -0.355 e. The highest BCUT2D eigenvalue weighted by Gasteiger charge is 2.16. The Balaban J connectivity index is 1.93. The summed E-state index contributed by atoms with van der Waals surface area (Å²) in [5.41, 5.74) is 0.739. The van der Waals surface area contributed by atoms with Crippen molar-refractivity contribution < 1.29 is 9.59 Å². The molecule has 0 aliphatic rings. The maximum Gasteiger partial charge on any atom is 0.242 e. The molecule has 1 heterocycles. The normalized spacial score (nSPS) is 11.8. The second-order valence-corrected chi connectivity index (χ2v) is 6.20. The van der Waals surface area contributed by atoms with Crippen molar-refractivity contribution in [1.82, 2.24) is 30.8 Å². The first-order valence-electron chi connectivity index (χ1n) is 7.25. The van der Waals surface area contributed by atoms with Crippen molar-refractivity contribution in [1.29, 1.82) is 0 Å². The molecule has 1 aromatic carbocycles. The molecule has 8 nitrogen and oxygen atoms in total. The van der Waals surface area contributed by atoms with E-state index in [1.54, 1.807) is 31.2 Å². The van der Waals surface area contributed by atoms with Crippen LogP contribution in [0.3, 0.4) is 0 Å². The average Bonchev–Trinajstić information content (AvgIpc) is 3.02. The number of halogens is 1. The van der Waals surface area contributed by atoms with E-state index in [0.717, 1.165) is 5.69 Å². The number of nitrogens with one attached hydrogen (secondary N) is 2. The summed E-state index contributed by atoms with van der Waals surface area (Å²) in [4.78, 5) is 23.5. The quantitative estimate of drug-likeness (QED) is 0.708. The van der Waals surface area contributed by atoms with E-state index in [4.69, 9.17) is 11.6 Å². The summed E-state index contributed by atoms with van der Waals surface area (Å²) < 4.78 is 1.52. The number of carbonyl (C=O) groups excluding carboxylic acids is 2. The topological polar surface area (TPSA) is 102 Å². The molecule has 0 saturated heterocycles. The smallest absolute Gasteiger partial charge is 0.242 e. The summed E-state index contributed by atoms with van der Waals surface area (Å²) in [6, 6.07) is 6.42. The van der Waals surface area contributed by atoms with Gasteiger partial charge in [0.15, 0.2) is 0 Å². The van der Waals surface area contributed by atoms with Crippen LogP contribution in [0.15, 0.2) is 29.4 Å². The fourth-order valence-corrected chi connectivity index (χ4v) is 2.65. The Morgan fingerprint density at radius 3 is 2.71 bits per heavy atom. The molecule has 2 aromatic rings. The molecule has 0 spiro atoms. The van der Waals surface area contributed by atoms with Gasteiger partial charge in [-0.3, -0.25) is 9.59 Å². The molecular formula is C14H17ClN6O2S. The molecule has 0 unspecified atom stereocenters. The zero-order chi connectivity index (χ0) is 17.5. The van der Waals surface area contributed by atoms with Crippen LogP contribution in [0.4, 0.5) is 0 Å². The van der Waals surface area contributed by atoms with Gasteiger partial charge < -0.3 is 10.6 Å². The van der Waals surface area contributed by atoms with Crippen LogP contribution >= 0.6 is 23.4 Å².